The molecule has 0 bridgehead atoms. The standard InChI is InChI=1S/C17H22ClN3/c1-11(2)19-9-14-13-8-12(18)4-5-16(13)20-17-6-7-21(3)10-15(14)17/h4-5,8,11,19H,6-7,9-10H2,1-3H3. The van der Waals surface area contributed by atoms with Crippen molar-refractivity contribution in [2.45, 2.75) is 39.4 Å². The third-order valence-corrected chi connectivity index (χ3v) is 4.33. The summed E-state index contributed by atoms with van der Waals surface area (Å²) in [4.78, 5) is 7.23. The molecule has 3 rings (SSSR count). The van der Waals surface area contributed by atoms with Crippen LogP contribution in [-0.4, -0.2) is 29.5 Å². The second-order valence-electron chi connectivity index (χ2n) is 6.20. The van der Waals surface area contributed by atoms with E-state index in [1.165, 1.54) is 22.2 Å². The monoisotopic (exact) mass is 303 g/mol. The molecule has 0 atom stereocenters. The highest BCUT2D eigenvalue weighted by Gasteiger charge is 2.20. The van der Waals surface area contributed by atoms with E-state index in [2.05, 4.69) is 37.2 Å². The van der Waals surface area contributed by atoms with Crippen molar-refractivity contribution in [3.05, 3.63) is 40.0 Å². The number of likely N-dealkylation sites (N-methyl/N-ethyl adjacent to an activating group) is 1. The molecule has 21 heavy (non-hydrogen) atoms. The largest absolute Gasteiger partial charge is 0.310 e. The number of halogens is 1. The van der Waals surface area contributed by atoms with E-state index in [0.29, 0.717) is 6.04 Å². The van der Waals surface area contributed by atoms with E-state index in [-0.39, 0.29) is 0 Å². The topological polar surface area (TPSA) is 28.2 Å². The zero-order chi connectivity index (χ0) is 15.0. The molecule has 0 fully saturated rings. The number of hydrogen-bond donors (Lipinski definition) is 1. The lowest BCUT2D eigenvalue weighted by atomic mass is 9.96. The lowest BCUT2D eigenvalue weighted by molar-refractivity contribution is 0.308. The first kappa shape index (κ1) is 14.8. The van der Waals surface area contributed by atoms with Crippen molar-refractivity contribution >= 4 is 22.5 Å². The molecule has 3 nitrogen and oxygen atoms in total. The van der Waals surface area contributed by atoms with Crippen LogP contribution in [0.5, 0.6) is 0 Å². The number of fused-ring (bicyclic) bond motifs is 2. The van der Waals surface area contributed by atoms with Gasteiger partial charge in [0.15, 0.2) is 0 Å². The highest BCUT2D eigenvalue weighted by molar-refractivity contribution is 6.31. The molecule has 0 saturated carbocycles. The normalized spacial score (nSPS) is 15.7. The molecule has 1 N–H and O–H groups in total. The van der Waals surface area contributed by atoms with Crippen molar-refractivity contribution in [2.24, 2.45) is 0 Å². The second-order valence-corrected chi connectivity index (χ2v) is 6.64. The fourth-order valence-corrected chi connectivity index (χ4v) is 3.12. The minimum Gasteiger partial charge on any atom is -0.310 e. The highest BCUT2D eigenvalue weighted by atomic mass is 35.5. The van der Waals surface area contributed by atoms with Gasteiger partial charge in [-0.1, -0.05) is 25.4 Å². The molecule has 1 aromatic heterocycles. The van der Waals surface area contributed by atoms with Crippen LogP contribution >= 0.6 is 11.6 Å². The molecular weight excluding hydrogens is 282 g/mol. The maximum absolute atomic E-state index is 6.21. The highest BCUT2D eigenvalue weighted by Crippen LogP contribution is 2.29. The van der Waals surface area contributed by atoms with Crippen LogP contribution in [0.25, 0.3) is 10.9 Å². The SMILES string of the molecule is CC(C)NCc1c2c(nc3ccc(Cl)cc13)CCN(C)C2. The van der Waals surface area contributed by atoms with Gasteiger partial charge in [-0.15, -0.1) is 0 Å². The van der Waals surface area contributed by atoms with Crippen molar-refractivity contribution in [3.63, 3.8) is 0 Å². The predicted octanol–water partition coefficient (Wildman–Crippen LogP) is 3.37. The number of benzene rings is 1. The lowest BCUT2D eigenvalue weighted by Crippen LogP contribution is -2.30. The third-order valence-electron chi connectivity index (χ3n) is 4.10. The van der Waals surface area contributed by atoms with Gasteiger partial charge in [-0.25, -0.2) is 0 Å². The lowest BCUT2D eigenvalue weighted by Gasteiger charge is -2.28. The van der Waals surface area contributed by atoms with Gasteiger partial charge in [0.2, 0.25) is 0 Å². The molecule has 4 heteroatoms. The van der Waals surface area contributed by atoms with Gasteiger partial charge in [0.25, 0.3) is 0 Å². The van der Waals surface area contributed by atoms with Crippen LogP contribution in [0.1, 0.15) is 30.7 Å². The van der Waals surface area contributed by atoms with Crippen LogP contribution in [0.2, 0.25) is 5.02 Å². The summed E-state index contributed by atoms with van der Waals surface area (Å²) in [5, 5.41) is 5.51. The maximum atomic E-state index is 6.21. The minimum atomic E-state index is 0.462. The first-order valence-electron chi connectivity index (χ1n) is 7.56. The molecule has 0 unspecified atom stereocenters. The first-order valence-corrected chi connectivity index (χ1v) is 7.94. The molecule has 1 aliphatic heterocycles. The number of rotatable bonds is 3. The third kappa shape index (κ3) is 3.05. The Hall–Kier alpha value is -1.16. The fraction of sp³-hybridized carbons (Fsp3) is 0.471. The zero-order valence-electron chi connectivity index (χ0n) is 12.9. The number of hydrogen-bond acceptors (Lipinski definition) is 3. The molecule has 0 saturated heterocycles. The Morgan fingerprint density at radius 2 is 2.19 bits per heavy atom. The first-order chi connectivity index (χ1) is 10.0. The van der Waals surface area contributed by atoms with Crippen LogP contribution in [0.3, 0.4) is 0 Å². The molecule has 0 aliphatic carbocycles. The van der Waals surface area contributed by atoms with Crippen LogP contribution in [0.15, 0.2) is 18.2 Å². The van der Waals surface area contributed by atoms with E-state index >= 15 is 0 Å². The number of nitrogens with one attached hydrogen (secondary N) is 1. The molecule has 1 aliphatic rings. The van der Waals surface area contributed by atoms with Crippen molar-refractivity contribution in [1.82, 2.24) is 15.2 Å². The molecule has 0 spiro atoms. The van der Waals surface area contributed by atoms with Crippen molar-refractivity contribution in [3.8, 4) is 0 Å². The molecule has 0 radical (unpaired) electrons. The summed E-state index contributed by atoms with van der Waals surface area (Å²) in [6.07, 6.45) is 1.03. The van der Waals surface area contributed by atoms with Crippen LogP contribution in [0.4, 0.5) is 0 Å². The number of aromatic nitrogens is 1. The number of pyridine rings is 1. The van der Waals surface area contributed by atoms with Gasteiger partial charge in [0, 0.05) is 48.2 Å². The van der Waals surface area contributed by atoms with Gasteiger partial charge in [-0.3, -0.25) is 4.98 Å². The van der Waals surface area contributed by atoms with E-state index in [0.717, 1.165) is 36.6 Å². The Labute approximate surface area is 131 Å². The summed E-state index contributed by atoms with van der Waals surface area (Å²) in [5.41, 5.74) is 5.05. The number of nitrogens with zero attached hydrogens (tertiary/aromatic N) is 2. The summed E-state index contributed by atoms with van der Waals surface area (Å²) in [6.45, 7) is 7.27. The molecule has 112 valence electrons. The van der Waals surface area contributed by atoms with Crippen molar-refractivity contribution < 1.29 is 0 Å². The Morgan fingerprint density at radius 1 is 1.38 bits per heavy atom. The van der Waals surface area contributed by atoms with Crippen LogP contribution in [-0.2, 0) is 19.5 Å². The fourth-order valence-electron chi connectivity index (χ4n) is 2.94. The Morgan fingerprint density at radius 3 is 2.95 bits per heavy atom. The maximum Gasteiger partial charge on any atom is 0.0709 e. The Kier molecular flexibility index (Phi) is 4.16. The second kappa shape index (κ2) is 5.91. The van der Waals surface area contributed by atoms with E-state index in [9.17, 15) is 0 Å². The minimum absolute atomic E-state index is 0.462. The van der Waals surface area contributed by atoms with E-state index in [1.54, 1.807) is 0 Å². The van der Waals surface area contributed by atoms with Gasteiger partial charge >= 0.3 is 0 Å². The quantitative estimate of drug-likeness (QED) is 0.942. The molecule has 2 aromatic rings. The summed E-state index contributed by atoms with van der Waals surface area (Å²) in [6, 6.07) is 6.48. The van der Waals surface area contributed by atoms with Gasteiger partial charge in [-0.05, 0) is 36.4 Å². The van der Waals surface area contributed by atoms with Gasteiger partial charge in [0.05, 0.1) is 5.52 Å². The molecule has 0 amide bonds. The Bertz CT molecular complexity index is 667. The smallest absolute Gasteiger partial charge is 0.0709 e. The summed E-state index contributed by atoms with van der Waals surface area (Å²) in [7, 11) is 2.17. The summed E-state index contributed by atoms with van der Waals surface area (Å²) in [5.74, 6) is 0. The molecule has 2 heterocycles. The molecular formula is C17H22ClN3. The van der Waals surface area contributed by atoms with Gasteiger partial charge in [-0.2, -0.15) is 0 Å². The Balaban J connectivity index is 2.16. The average molecular weight is 304 g/mol. The molecule has 1 aromatic carbocycles. The summed E-state index contributed by atoms with van der Waals surface area (Å²) < 4.78 is 0. The van der Waals surface area contributed by atoms with Gasteiger partial charge in [0.1, 0.15) is 0 Å². The van der Waals surface area contributed by atoms with Gasteiger partial charge < -0.3 is 10.2 Å². The van der Waals surface area contributed by atoms with Crippen LogP contribution < -0.4 is 5.32 Å². The van der Waals surface area contributed by atoms with E-state index < -0.39 is 0 Å². The van der Waals surface area contributed by atoms with E-state index in [4.69, 9.17) is 16.6 Å². The summed E-state index contributed by atoms with van der Waals surface area (Å²) >= 11 is 6.21. The predicted molar refractivity (Wildman–Crippen MR) is 88.8 cm³/mol. The average Bonchev–Trinajstić information content (AvgIpc) is 2.44. The zero-order valence-corrected chi connectivity index (χ0v) is 13.7. The van der Waals surface area contributed by atoms with E-state index in [1.807, 2.05) is 12.1 Å². The van der Waals surface area contributed by atoms with Crippen molar-refractivity contribution in [2.75, 3.05) is 13.6 Å². The van der Waals surface area contributed by atoms with Crippen LogP contribution in [0, 0.1) is 0 Å². The van der Waals surface area contributed by atoms with Crippen molar-refractivity contribution in [1.29, 1.82) is 0 Å².